The van der Waals surface area contributed by atoms with E-state index >= 15 is 0 Å². The summed E-state index contributed by atoms with van der Waals surface area (Å²) in [5.74, 6) is -0.0197. The minimum atomic E-state index is -0.0573. The quantitative estimate of drug-likeness (QED) is 0.743. The Bertz CT molecular complexity index is 314. The molecule has 0 fully saturated rings. The van der Waals surface area contributed by atoms with Crippen LogP contribution in [0.25, 0.3) is 0 Å². The maximum absolute atomic E-state index is 11.2. The summed E-state index contributed by atoms with van der Waals surface area (Å²) in [6.07, 6.45) is 2.76. The van der Waals surface area contributed by atoms with Crippen molar-refractivity contribution in [3.8, 4) is 0 Å². The molecule has 5 heteroatoms. The predicted molar refractivity (Wildman–Crippen MR) is 58.7 cm³/mol. The molecule has 14 heavy (non-hydrogen) atoms. The molecule has 0 N–H and O–H groups in total. The van der Waals surface area contributed by atoms with Gasteiger partial charge in [-0.25, -0.2) is 4.98 Å². The second-order valence-corrected chi connectivity index (χ2v) is 4.42. The first-order chi connectivity index (χ1) is 6.67. The van der Waals surface area contributed by atoms with E-state index in [0.717, 1.165) is 16.3 Å². The summed E-state index contributed by atoms with van der Waals surface area (Å²) < 4.78 is 0. The molecule has 0 saturated carbocycles. The highest BCUT2D eigenvalue weighted by Gasteiger charge is 2.09. The summed E-state index contributed by atoms with van der Waals surface area (Å²) in [7, 11) is 1.75. The lowest BCUT2D eigenvalue weighted by atomic mass is 10.4. The average molecular weight is 233 g/mol. The topological polar surface area (TPSA) is 33.2 Å². The van der Waals surface area contributed by atoms with Crippen LogP contribution in [0.2, 0.25) is 0 Å². The van der Waals surface area contributed by atoms with Crippen molar-refractivity contribution < 1.29 is 4.79 Å². The van der Waals surface area contributed by atoms with Crippen LogP contribution in [-0.2, 0) is 17.8 Å². The van der Waals surface area contributed by atoms with E-state index < -0.39 is 0 Å². The summed E-state index contributed by atoms with van der Waals surface area (Å²) in [5.41, 5.74) is 0. The predicted octanol–water partition coefficient (Wildman–Crippen LogP) is 1.90. The van der Waals surface area contributed by atoms with Crippen molar-refractivity contribution in [3.05, 3.63) is 16.1 Å². The zero-order valence-corrected chi connectivity index (χ0v) is 9.86. The highest BCUT2D eigenvalue weighted by Crippen LogP contribution is 2.15. The number of halogens is 1. The van der Waals surface area contributed by atoms with E-state index in [2.05, 4.69) is 11.9 Å². The summed E-state index contributed by atoms with van der Waals surface area (Å²) >= 11 is 7.08. The number of nitrogens with zero attached hydrogens (tertiary/aromatic N) is 2. The average Bonchev–Trinajstić information content (AvgIpc) is 2.64. The number of carbonyl (C=O) groups excluding carboxylic acids is 1. The molecule has 0 aliphatic carbocycles. The number of carbonyl (C=O) groups is 1. The fourth-order valence-electron chi connectivity index (χ4n) is 1.01. The van der Waals surface area contributed by atoms with Gasteiger partial charge in [0.05, 0.1) is 11.6 Å². The van der Waals surface area contributed by atoms with Gasteiger partial charge in [0, 0.05) is 18.1 Å². The molecule has 78 valence electrons. The Kier molecular flexibility index (Phi) is 4.35. The van der Waals surface area contributed by atoms with Gasteiger partial charge in [-0.05, 0) is 6.42 Å². The second kappa shape index (κ2) is 5.32. The van der Waals surface area contributed by atoms with Gasteiger partial charge in [-0.2, -0.15) is 0 Å². The van der Waals surface area contributed by atoms with Gasteiger partial charge in [-0.3, -0.25) is 4.79 Å². The monoisotopic (exact) mass is 232 g/mol. The number of rotatable bonds is 4. The Balaban J connectivity index is 2.55. The molecule has 0 unspecified atom stereocenters. The van der Waals surface area contributed by atoms with Crippen LogP contribution >= 0.6 is 22.9 Å². The molecule has 1 aromatic heterocycles. The minimum Gasteiger partial charge on any atom is -0.340 e. The Morgan fingerprint density at radius 3 is 2.93 bits per heavy atom. The molecule has 0 saturated heterocycles. The van der Waals surface area contributed by atoms with Crippen LogP contribution in [-0.4, -0.2) is 28.7 Å². The number of hydrogen-bond acceptors (Lipinski definition) is 3. The third-order valence-corrected chi connectivity index (χ3v) is 3.19. The van der Waals surface area contributed by atoms with Gasteiger partial charge in [0.25, 0.3) is 0 Å². The van der Waals surface area contributed by atoms with Crippen molar-refractivity contribution in [2.45, 2.75) is 19.9 Å². The second-order valence-electron chi connectivity index (χ2n) is 2.96. The fraction of sp³-hybridized carbons (Fsp3) is 0.556. The van der Waals surface area contributed by atoms with Crippen molar-refractivity contribution in [2.24, 2.45) is 0 Å². The van der Waals surface area contributed by atoms with Crippen molar-refractivity contribution in [1.29, 1.82) is 0 Å². The number of thiazole rings is 1. The summed E-state index contributed by atoms with van der Waals surface area (Å²) in [6.45, 7) is 2.67. The first kappa shape index (κ1) is 11.5. The van der Waals surface area contributed by atoms with Crippen molar-refractivity contribution >= 4 is 28.8 Å². The van der Waals surface area contributed by atoms with Gasteiger partial charge in [0.15, 0.2) is 0 Å². The molecule has 1 amide bonds. The highest BCUT2D eigenvalue weighted by molar-refractivity contribution is 7.11. The Morgan fingerprint density at radius 2 is 2.43 bits per heavy atom. The zero-order valence-electron chi connectivity index (χ0n) is 8.29. The standard InChI is InChI=1S/C9H13ClN2OS/c1-3-8-11-5-7(14-8)6-12(2)9(13)4-10/h5H,3-4,6H2,1-2H3. The third-order valence-electron chi connectivity index (χ3n) is 1.84. The van der Waals surface area contributed by atoms with Gasteiger partial charge in [0.2, 0.25) is 5.91 Å². The lowest BCUT2D eigenvalue weighted by Crippen LogP contribution is -2.26. The molecule has 0 atom stereocenters. The summed E-state index contributed by atoms with van der Waals surface area (Å²) in [5, 5.41) is 1.10. The van der Waals surface area contributed by atoms with E-state index in [-0.39, 0.29) is 11.8 Å². The highest BCUT2D eigenvalue weighted by atomic mass is 35.5. The van der Waals surface area contributed by atoms with Crippen molar-refractivity contribution in [3.63, 3.8) is 0 Å². The molecule has 0 aromatic carbocycles. The van der Waals surface area contributed by atoms with Crippen molar-refractivity contribution in [1.82, 2.24) is 9.88 Å². The molecular weight excluding hydrogens is 220 g/mol. The fourth-order valence-corrected chi connectivity index (χ4v) is 2.13. The summed E-state index contributed by atoms with van der Waals surface area (Å²) in [6, 6.07) is 0. The first-order valence-corrected chi connectivity index (χ1v) is 5.76. The van der Waals surface area contributed by atoms with E-state index in [1.807, 2.05) is 6.20 Å². The Hall–Kier alpha value is -0.610. The summed E-state index contributed by atoms with van der Waals surface area (Å²) in [4.78, 5) is 18.1. The molecular formula is C9H13ClN2OS. The van der Waals surface area contributed by atoms with Crippen molar-refractivity contribution in [2.75, 3.05) is 12.9 Å². The van der Waals surface area contributed by atoms with Crippen LogP contribution in [0.4, 0.5) is 0 Å². The maximum atomic E-state index is 11.2. The SMILES string of the molecule is CCc1ncc(CN(C)C(=O)CCl)s1. The third kappa shape index (κ3) is 2.96. The van der Waals surface area contributed by atoms with Crippen LogP contribution in [0, 0.1) is 0 Å². The maximum Gasteiger partial charge on any atom is 0.237 e. The molecule has 0 aliphatic heterocycles. The van der Waals surface area contributed by atoms with E-state index in [1.54, 1.807) is 23.3 Å². The Labute approximate surface area is 92.7 Å². The van der Waals surface area contributed by atoms with Crippen LogP contribution in [0.3, 0.4) is 0 Å². The largest absolute Gasteiger partial charge is 0.340 e. The first-order valence-electron chi connectivity index (χ1n) is 4.40. The van der Waals surface area contributed by atoms with Crippen LogP contribution in [0.5, 0.6) is 0 Å². The van der Waals surface area contributed by atoms with Crippen LogP contribution in [0.1, 0.15) is 16.8 Å². The molecule has 0 aliphatic rings. The van der Waals surface area contributed by atoms with E-state index in [1.165, 1.54) is 0 Å². The van der Waals surface area contributed by atoms with E-state index in [4.69, 9.17) is 11.6 Å². The lowest BCUT2D eigenvalue weighted by molar-refractivity contribution is -0.127. The van der Waals surface area contributed by atoms with Gasteiger partial charge >= 0.3 is 0 Å². The van der Waals surface area contributed by atoms with E-state index in [0.29, 0.717) is 6.54 Å². The molecule has 0 spiro atoms. The van der Waals surface area contributed by atoms with E-state index in [9.17, 15) is 4.79 Å². The molecule has 1 rings (SSSR count). The number of aryl methyl sites for hydroxylation is 1. The van der Waals surface area contributed by atoms with Crippen LogP contribution in [0.15, 0.2) is 6.20 Å². The number of aromatic nitrogens is 1. The molecule has 1 heterocycles. The van der Waals surface area contributed by atoms with Crippen LogP contribution < -0.4 is 0 Å². The van der Waals surface area contributed by atoms with Gasteiger partial charge in [-0.15, -0.1) is 22.9 Å². The molecule has 1 aromatic rings. The molecule has 3 nitrogen and oxygen atoms in total. The number of amides is 1. The molecule has 0 bridgehead atoms. The van der Waals surface area contributed by atoms with Gasteiger partial charge in [-0.1, -0.05) is 6.92 Å². The zero-order chi connectivity index (χ0) is 10.6. The lowest BCUT2D eigenvalue weighted by Gasteiger charge is -2.13. The van der Waals surface area contributed by atoms with Gasteiger partial charge in [0.1, 0.15) is 5.88 Å². The van der Waals surface area contributed by atoms with Gasteiger partial charge < -0.3 is 4.90 Å². The minimum absolute atomic E-state index is 0.0376. The number of alkyl halides is 1. The Morgan fingerprint density at radius 1 is 1.71 bits per heavy atom. The molecule has 0 radical (unpaired) electrons. The number of hydrogen-bond donors (Lipinski definition) is 0. The normalized spacial score (nSPS) is 10.2. The smallest absolute Gasteiger partial charge is 0.237 e.